The van der Waals surface area contributed by atoms with Crippen molar-refractivity contribution in [3.8, 4) is 0 Å². The van der Waals surface area contributed by atoms with Gasteiger partial charge in [-0.1, -0.05) is 31.9 Å². The maximum absolute atomic E-state index is 11.3. The van der Waals surface area contributed by atoms with Gasteiger partial charge < -0.3 is 10.2 Å². The predicted octanol–water partition coefficient (Wildman–Crippen LogP) is 3.22. The van der Waals surface area contributed by atoms with E-state index in [1.165, 1.54) is 25.7 Å². The predicted molar refractivity (Wildman–Crippen MR) is 127 cm³/mol. The number of benzene rings is 1. The molecule has 8 heteroatoms. The van der Waals surface area contributed by atoms with Crippen molar-refractivity contribution in [1.82, 2.24) is 10.2 Å². The van der Waals surface area contributed by atoms with Crippen LogP contribution in [-0.4, -0.2) is 46.0 Å². The first-order valence-corrected chi connectivity index (χ1v) is 11.5. The third kappa shape index (κ3) is 8.24. The van der Waals surface area contributed by atoms with Crippen molar-refractivity contribution in [2.45, 2.75) is 50.8 Å². The van der Waals surface area contributed by atoms with Crippen LogP contribution in [0.5, 0.6) is 0 Å². The fourth-order valence-corrected chi connectivity index (χ4v) is 4.11. The fraction of sp³-hybridized carbons (Fsp3) is 0.650. The lowest BCUT2D eigenvalue weighted by molar-refractivity contribution is 0.250. The zero-order valence-electron chi connectivity index (χ0n) is 17.2. The molecule has 1 fully saturated rings. The monoisotopic (exact) mass is 522 g/mol. The molecule has 0 bridgehead atoms. The zero-order valence-corrected chi connectivity index (χ0v) is 20.4. The van der Waals surface area contributed by atoms with Crippen molar-refractivity contribution in [3.05, 3.63) is 29.8 Å². The van der Waals surface area contributed by atoms with Crippen LogP contribution in [-0.2, 0) is 16.4 Å². The molecule has 1 aliphatic carbocycles. The number of nitrogens with one attached hydrogen (secondary N) is 1. The van der Waals surface area contributed by atoms with Crippen LogP contribution in [0.2, 0.25) is 0 Å². The summed E-state index contributed by atoms with van der Waals surface area (Å²) >= 11 is 0. The number of guanidine groups is 1. The number of nitrogens with zero attached hydrogens (tertiary/aromatic N) is 2. The Bertz CT molecular complexity index is 714. The molecule has 1 aliphatic rings. The maximum atomic E-state index is 11.3. The molecular formula is C20H35IN4O2S. The number of sulfonamides is 1. The van der Waals surface area contributed by atoms with Gasteiger partial charge in [0.25, 0.3) is 0 Å². The minimum absolute atomic E-state index is 0. The van der Waals surface area contributed by atoms with Crippen LogP contribution in [0, 0.1) is 11.8 Å². The van der Waals surface area contributed by atoms with Crippen LogP contribution in [0.25, 0.3) is 0 Å². The van der Waals surface area contributed by atoms with Gasteiger partial charge in [0.05, 0.1) is 4.90 Å². The highest BCUT2D eigenvalue weighted by atomic mass is 127. The SMILES string of the molecule is CCNC(=NCCc1ccc(S(N)(=O)=O)cc1)N(C)CC1CCC(C)CC1.I. The van der Waals surface area contributed by atoms with Gasteiger partial charge >= 0.3 is 0 Å². The van der Waals surface area contributed by atoms with Gasteiger partial charge in [-0.2, -0.15) is 0 Å². The van der Waals surface area contributed by atoms with Gasteiger partial charge in [0.15, 0.2) is 5.96 Å². The van der Waals surface area contributed by atoms with E-state index in [2.05, 4.69) is 31.1 Å². The molecular weight excluding hydrogens is 487 g/mol. The van der Waals surface area contributed by atoms with E-state index < -0.39 is 10.0 Å². The Morgan fingerprint density at radius 2 is 1.82 bits per heavy atom. The van der Waals surface area contributed by atoms with Crippen molar-refractivity contribution in [1.29, 1.82) is 0 Å². The molecule has 1 aromatic carbocycles. The number of aliphatic imine (C=N–C) groups is 1. The van der Waals surface area contributed by atoms with E-state index in [9.17, 15) is 8.42 Å². The summed E-state index contributed by atoms with van der Waals surface area (Å²) in [7, 11) is -1.52. The summed E-state index contributed by atoms with van der Waals surface area (Å²) in [6.07, 6.45) is 6.04. The average Bonchev–Trinajstić information content (AvgIpc) is 2.62. The zero-order chi connectivity index (χ0) is 19.9. The van der Waals surface area contributed by atoms with Crippen LogP contribution < -0.4 is 10.5 Å². The van der Waals surface area contributed by atoms with Gasteiger partial charge in [-0.05, 0) is 55.7 Å². The standard InChI is InChI=1S/C20H34N4O2S.HI/c1-4-22-20(24(3)15-18-7-5-16(2)6-8-18)23-14-13-17-9-11-19(12-10-17)27(21,25)26;/h9-12,16,18H,4-8,13-15H2,1-3H3,(H,22,23)(H2,21,25,26);1H. The molecule has 0 saturated heterocycles. The van der Waals surface area contributed by atoms with E-state index in [0.29, 0.717) is 6.54 Å². The molecule has 160 valence electrons. The van der Waals surface area contributed by atoms with Gasteiger partial charge in [-0.25, -0.2) is 13.6 Å². The summed E-state index contributed by atoms with van der Waals surface area (Å²) in [5, 5.41) is 8.51. The maximum Gasteiger partial charge on any atom is 0.238 e. The van der Waals surface area contributed by atoms with Gasteiger partial charge in [0, 0.05) is 26.7 Å². The normalized spacial score (nSPS) is 20.4. The number of primary sulfonamides is 1. The lowest BCUT2D eigenvalue weighted by atomic mass is 9.83. The molecule has 0 aliphatic heterocycles. The van der Waals surface area contributed by atoms with E-state index in [-0.39, 0.29) is 28.9 Å². The van der Waals surface area contributed by atoms with Crippen molar-refractivity contribution < 1.29 is 8.42 Å². The van der Waals surface area contributed by atoms with Gasteiger partial charge in [-0.3, -0.25) is 4.99 Å². The van der Waals surface area contributed by atoms with Gasteiger partial charge in [0.1, 0.15) is 0 Å². The minimum atomic E-state index is -3.63. The molecule has 1 aromatic rings. The van der Waals surface area contributed by atoms with E-state index in [4.69, 9.17) is 10.1 Å². The Morgan fingerprint density at radius 1 is 1.21 bits per heavy atom. The molecule has 1 saturated carbocycles. The van der Waals surface area contributed by atoms with Crippen LogP contribution in [0.4, 0.5) is 0 Å². The Labute approximate surface area is 187 Å². The molecule has 0 aromatic heterocycles. The largest absolute Gasteiger partial charge is 0.357 e. The molecule has 0 heterocycles. The van der Waals surface area contributed by atoms with Crippen LogP contribution in [0.3, 0.4) is 0 Å². The molecule has 0 spiro atoms. The Balaban J connectivity index is 0.00000392. The number of halogens is 1. The Morgan fingerprint density at radius 3 is 2.36 bits per heavy atom. The second-order valence-corrected chi connectivity index (χ2v) is 9.24. The number of hydrogen-bond donors (Lipinski definition) is 2. The highest BCUT2D eigenvalue weighted by Gasteiger charge is 2.20. The average molecular weight is 522 g/mol. The first kappa shape index (κ1) is 25.2. The molecule has 28 heavy (non-hydrogen) atoms. The van der Waals surface area contributed by atoms with E-state index >= 15 is 0 Å². The topological polar surface area (TPSA) is 87.8 Å². The molecule has 0 unspecified atom stereocenters. The third-order valence-corrected chi connectivity index (χ3v) is 6.21. The quantitative estimate of drug-likeness (QED) is 0.327. The molecule has 0 radical (unpaired) electrons. The molecule has 2 rings (SSSR count). The van der Waals surface area contributed by atoms with E-state index in [1.807, 2.05) is 0 Å². The van der Waals surface area contributed by atoms with E-state index in [0.717, 1.165) is 42.9 Å². The van der Waals surface area contributed by atoms with Gasteiger partial charge in [0.2, 0.25) is 10.0 Å². The first-order valence-electron chi connectivity index (χ1n) is 9.90. The molecule has 0 amide bonds. The summed E-state index contributed by atoms with van der Waals surface area (Å²) in [6, 6.07) is 6.70. The van der Waals surface area contributed by atoms with Gasteiger partial charge in [-0.15, -0.1) is 24.0 Å². The van der Waals surface area contributed by atoms with Crippen LogP contribution in [0.1, 0.15) is 45.1 Å². The lowest BCUT2D eigenvalue weighted by Crippen LogP contribution is -2.42. The number of rotatable bonds is 7. The number of nitrogens with two attached hydrogens (primary N) is 1. The minimum Gasteiger partial charge on any atom is -0.357 e. The number of hydrogen-bond acceptors (Lipinski definition) is 3. The highest BCUT2D eigenvalue weighted by Crippen LogP contribution is 2.28. The van der Waals surface area contributed by atoms with Crippen molar-refractivity contribution in [2.75, 3.05) is 26.7 Å². The molecule has 0 atom stereocenters. The highest BCUT2D eigenvalue weighted by molar-refractivity contribution is 14.0. The van der Waals surface area contributed by atoms with Crippen molar-refractivity contribution >= 4 is 40.0 Å². The second-order valence-electron chi connectivity index (χ2n) is 7.68. The van der Waals surface area contributed by atoms with Crippen LogP contribution >= 0.6 is 24.0 Å². The molecule has 3 N–H and O–H groups in total. The Kier molecular flexibility index (Phi) is 10.8. The second kappa shape index (κ2) is 12.0. The Hall–Kier alpha value is -0.870. The smallest absolute Gasteiger partial charge is 0.238 e. The van der Waals surface area contributed by atoms with Crippen molar-refractivity contribution in [2.24, 2.45) is 22.0 Å². The fourth-order valence-electron chi connectivity index (χ4n) is 3.59. The lowest BCUT2D eigenvalue weighted by Gasteiger charge is -2.31. The summed E-state index contributed by atoms with van der Waals surface area (Å²) < 4.78 is 22.6. The first-order chi connectivity index (χ1) is 12.8. The summed E-state index contributed by atoms with van der Waals surface area (Å²) in [6.45, 7) is 6.97. The molecule has 6 nitrogen and oxygen atoms in total. The third-order valence-electron chi connectivity index (χ3n) is 5.28. The van der Waals surface area contributed by atoms with Crippen LogP contribution in [0.15, 0.2) is 34.2 Å². The summed E-state index contributed by atoms with van der Waals surface area (Å²) in [4.78, 5) is 7.14. The summed E-state index contributed by atoms with van der Waals surface area (Å²) in [5.74, 6) is 2.56. The van der Waals surface area contributed by atoms with E-state index in [1.54, 1.807) is 24.3 Å². The summed E-state index contributed by atoms with van der Waals surface area (Å²) in [5.41, 5.74) is 1.05. The van der Waals surface area contributed by atoms with Crippen molar-refractivity contribution in [3.63, 3.8) is 0 Å².